The maximum Gasteiger partial charge on any atom is 0.336 e. The van der Waals surface area contributed by atoms with Crippen molar-refractivity contribution in [2.24, 2.45) is 0 Å². The molecule has 5 nitrogen and oxygen atoms in total. The molecule has 2 N–H and O–H groups in total. The highest BCUT2D eigenvalue weighted by Gasteiger charge is 2.13. The minimum atomic E-state index is -1.52. The number of rotatable bonds is 5. The third-order valence-corrected chi connectivity index (χ3v) is 1.73. The Morgan fingerprint density at radius 3 is 2.73 bits per heavy atom. The topological polar surface area (TPSA) is 76.0 Å². The van der Waals surface area contributed by atoms with Crippen LogP contribution in [0.4, 0.5) is 0 Å². The van der Waals surface area contributed by atoms with Crippen molar-refractivity contribution in [1.82, 2.24) is 0 Å². The number of carboxylic acid groups (broad SMARTS) is 1. The standard InChI is InChI=1S/C10H12O5/c1-14-7-3-2-4-8(5-7)15-6-9(11)10(12)13/h2-5,9,11H,6H2,1H3,(H,12,13). The van der Waals surface area contributed by atoms with E-state index in [9.17, 15) is 4.79 Å². The second-order valence-electron chi connectivity index (χ2n) is 2.84. The first-order valence-electron chi connectivity index (χ1n) is 4.31. The maximum atomic E-state index is 10.3. The lowest BCUT2D eigenvalue weighted by atomic mass is 10.3. The zero-order valence-corrected chi connectivity index (χ0v) is 8.21. The summed E-state index contributed by atoms with van der Waals surface area (Å²) in [5, 5.41) is 17.4. The van der Waals surface area contributed by atoms with Gasteiger partial charge in [0.05, 0.1) is 7.11 Å². The van der Waals surface area contributed by atoms with Crippen molar-refractivity contribution >= 4 is 5.97 Å². The number of methoxy groups -OCH3 is 1. The number of carbonyl (C=O) groups is 1. The molecule has 1 rings (SSSR count). The Kier molecular flexibility index (Phi) is 3.93. The molecule has 0 heterocycles. The number of benzene rings is 1. The van der Waals surface area contributed by atoms with E-state index in [1.807, 2.05) is 0 Å². The fourth-order valence-electron chi connectivity index (χ4n) is 0.937. The molecule has 82 valence electrons. The Bertz CT molecular complexity index is 336. The van der Waals surface area contributed by atoms with Crippen LogP contribution in [0.3, 0.4) is 0 Å². The van der Waals surface area contributed by atoms with Gasteiger partial charge in [-0.25, -0.2) is 4.79 Å². The zero-order chi connectivity index (χ0) is 11.3. The van der Waals surface area contributed by atoms with Gasteiger partial charge in [0.25, 0.3) is 0 Å². The van der Waals surface area contributed by atoms with Gasteiger partial charge < -0.3 is 19.7 Å². The molecule has 0 radical (unpaired) electrons. The Hall–Kier alpha value is -1.75. The van der Waals surface area contributed by atoms with Gasteiger partial charge in [0.1, 0.15) is 18.1 Å². The first kappa shape index (κ1) is 11.3. The third-order valence-electron chi connectivity index (χ3n) is 1.73. The lowest BCUT2D eigenvalue weighted by Gasteiger charge is -2.09. The van der Waals surface area contributed by atoms with Gasteiger partial charge in [0, 0.05) is 6.07 Å². The van der Waals surface area contributed by atoms with Crippen molar-refractivity contribution in [2.45, 2.75) is 6.10 Å². The van der Waals surface area contributed by atoms with Crippen molar-refractivity contribution in [2.75, 3.05) is 13.7 Å². The highest BCUT2D eigenvalue weighted by Crippen LogP contribution is 2.18. The van der Waals surface area contributed by atoms with Crippen LogP contribution in [0, 0.1) is 0 Å². The number of hydrogen-bond donors (Lipinski definition) is 2. The van der Waals surface area contributed by atoms with Crippen LogP contribution in [-0.2, 0) is 4.79 Å². The van der Waals surface area contributed by atoms with E-state index in [1.165, 1.54) is 7.11 Å². The van der Waals surface area contributed by atoms with Crippen LogP contribution in [-0.4, -0.2) is 36.0 Å². The minimum absolute atomic E-state index is 0.289. The molecule has 0 saturated heterocycles. The van der Waals surface area contributed by atoms with E-state index in [-0.39, 0.29) is 6.61 Å². The van der Waals surface area contributed by atoms with Gasteiger partial charge in [-0.2, -0.15) is 0 Å². The van der Waals surface area contributed by atoms with Crippen molar-refractivity contribution in [3.05, 3.63) is 24.3 Å². The lowest BCUT2D eigenvalue weighted by molar-refractivity contribution is -0.148. The maximum absolute atomic E-state index is 10.3. The second kappa shape index (κ2) is 5.21. The monoisotopic (exact) mass is 212 g/mol. The molecule has 1 atom stereocenters. The molecule has 0 spiro atoms. The summed E-state index contributed by atoms with van der Waals surface area (Å²) in [4.78, 5) is 10.3. The van der Waals surface area contributed by atoms with E-state index < -0.39 is 12.1 Å². The molecule has 0 fully saturated rings. The van der Waals surface area contributed by atoms with E-state index in [2.05, 4.69) is 0 Å². The highest BCUT2D eigenvalue weighted by molar-refractivity contribution is 5.72. The van der Waals surface area contributed by atoms with Gasteiger partial charge >= 0.3 is 5.97 Å². The van der Waals surface area contributed by atoms with E-state index in [0.29, 0.717) is 11.5 Å². The lowest BCUT2D eigenvalue weighted by Crippen LogP contribution is -2.26. The van der Waals surface area contributed by atoms with Crippen molar-refractivity contribution in [3.8, 4) is 11.5 Å². The molecule has 1 aromatic rings. The molecule has 0 aliphatic heterocycles. The van der Waals surface area contributed by atoms with Crippen molar-refractivity contribution < 1.29 is 24.5 Å². The fourth-order valence-corrected chi connectivity index (χ4v) is 0.937. The Morgan fingerprint density at radius 2 is 2.13 bits per heavy atom. The van der Waals surface area contributed by atoms with Gasteiger partial charge in [-0.05, 0) is 12.1 Å². The Morgan fingerprint density at radius 1 is 1.47 bits per heavy atom. The normalized spacial score (nSPS) is 11.9. The van der Waals surface area contributed by atoms with Crippen LogP contribution in [0.5, 0.6) is 11.5 Å². The molecule has 15 heavy (non-hydrogen) atoms. The number of aliphatic hydroxyl groups is 1. The summed E-state index contributed by atoms with van der Waals surface area (Å²) < 4.78 is 10.0. The van der Waals surface area contributed by atoms with E-state index >= 15 is 0 Å². The molecular weight excluding hydrogens is 200 g/mol. The largest absolute Gasteiger partial charge is 0.497 e. The number of aliphatic hydroxyl groups excluding tert-OH is 1. The molecular formula is C10H12O5. The molecule has 0 aliphatic carbocycles. The fraction of sp³-hybridized carbons (Fsp3) is 0.300. The SMILES string of the molecule is COc1cccc(OCC(O)C(=O)O)c1. The minimum Gasteiger partial charge on any atom is -0.497 e. The molecule has 0 aromatic heterocycles. The summed E-state index contributed by atoms with van der Waals surface area (Å²) in [5.74, 6) is -0.245. The first-order valence-corrected chi connectivity index (χ1v) is 4.31. The average molecular weight is 212 g/mol. The van der Waals surface area contributed by atoms with Crippen LogP contribution in [0.2, 0.25) is 0 Å². The van der Waals surface area contributed by atoms with Crippen LogP contribution in [0.15, 0.2) is 24.3 Å². The molecule has 0 saturated carbocycles. The van der Waals surface area contributed by atoms with Gasteiger partial charge in [0.15, 0.2) is 6.10 Å². The van der Waals surface area contributed by atoms with Crippen molar-refractivity contribution in [1.29, 1.82) is 0 Å². The quantitative estimate of drug-likeness (QED) is 0.744. The Balaban J connectivity index is 2.53. The second-order valence-corrected chi connectivity index (χ2v) is 2.84. The Labute approximate surface area is 86.9 Å². The number of aliphatic carboxylic acids is 1. The molecule has 0 amide bonds. The molecule has 5 heteroatoms. The molecule has 0 aliphatic rings. The van der Waals surface area contributed by atoms with Gasteiger partial charge in [-0.3, -0.25) is 0 Å². The van der Waals surface area contributed by atoms with Crippen LogP contribution >= 0.6 is 0 Å². The first-order chi connectivity index (χ1) is 7.13. The number of carboxylic acids is 1. The van der Waals surface area contributed by atoms with Gasteiger partial charge in [0.2, 0.25) is 0 Å². The smallest absolute Gasteiger partial charge is 0.336 e. The van der Waals surface area contributed by atoms with E-state index in [4.69, 9.17) is 19.7 Å². The summed E-state index contributed by atoms with van der Waals surface area (Å²) in [6.07, 6.45) is -1.52. The average Bonchev–Trinajstić information content (AvgIpc) is 2.26. The summed E-state index contributed by atoms with van der Waals surface area (Å²) in [6.45, 7) is -0.289. The molecule has 1 unspecified atom stereocenters. The molecule has 0 bridgehead atoms. The van der Waals surface area contributed by atoms with Crippen LogP contribution in [0.25, 0.3) is 0 Å². The summed E-state index contributed by atoms with van der Waals surface area (Å²) >= 11 is 0. The van der Waals surface area contributed by atoms with Gasteiger partial charge in [-0.15, -0.1) is 0 Å². The predicted octanol–water partition coefficient (Wildman–Crippen LogP) is 0.519. The van der Waals surface area contributed by atoms with Crippen molar-refractivity contribution in [3.63, 3.8) is 0 Å². The van der Waals surface area contributed by atoms with Crippen LogP contribution in [0.1, 0.15) is 0 Å². The van der Waals surface area contributed by atoms with Gasteiger partial charge in [-0.1, -0.05) is 6.07 Å². The summed E-state index contributed by atoms with van der Waals surface area (Å²) in [7, 11) is 1.52. The van der Waals surface area contributed by atoms with Crippen LogP contribution < -0.4 is 9.47 Å². The molecule has 1 aromatic carbocycles. The van der Waals surface area contributed by atoms with E-state index in [0.717, 1.165) is 0 Å². The summed E-state index contributed by atoms with van der Waals surface area (Å²) in [6, 6.07) is 6.70. The highest BCUT2D eigenvalue weighted by atomic mass is 16.5. The van der Waals surface area contributed by atoms with E-state index in [1.54, 1.807) is 24.3 Å². The summed E-state index contributed by atoms with van der Waals surface area (Å²) in [5.41, 5.74) is 0. The third kappa shape index (κ3) is 3.47. The zero-order valence-electron chi connectivity index (χ0n) is 8.21. The number of hydrogen-bond acceptors (Lipinski definition) is 4. The number of ether oxygens (including phenoxy) is 2. The predicted molar refractivity (Wildman–Crippen MR) is 52.1 cm³/mol.